The molecule has 1 saturated carbocycles. The maximum absolute atomic E-state index is 4.84. The minimum absolute atomic E-state index is 0. The molecule has 0 bridgehead atoms. The van der Waals surface area contributed by atoms with Gasteiger partial charge in [-0.05, 0) is 69.4 Å². The second-order valence-electron chi connectivity index (χ2n) is 17.4. The summed E-state index contributed by atoms with van der Waals surface area (Å²) < 4.78 is 2.57. The molecule has 8 rings (SSSR count). The first-order valence-corrected chi connectivity index (χ1v) is 24.1. The number of benzene rings is 4. The van der Waals surface area contributed by atoms with Crippen molar-refractivity contribution in [1.82, 2.24) is 9.97 Å². The van der Waals surface area contributed by atoms with Crippen molar-refractivity contribution in [2.45, 2.75) is 92.3 Å². The van der Waals surface area contributed by atoms with Gasteiger partial charge in [0.1, 0.15) is 0 Å². The van der Waals surface area contributed by atoms with E-state index in [2.05, 4.69) is 151 Å². The number of rotatable bonds is 7. The van der Waals surface area contributed by atoms with Gasteiger partial charge in [0.25, 0.3) is 0 Å². The molecule has 7 aromatic rings. The molecule has 0 N–H and O–H groups in total. The minimum Gasteiger partial charge on any atom is -0.305 e. The van der Waals surface area contributed by atoms with Crippen LogP contribution in [0, 0.1) is 30.4 Å². The number of hydrogen-bond donors (Lipinski definition) is 0. The van der Waals surface area contributed by atoms with E-state index in [9.17, 15) is 0 Å². The van der Waals surface area contributed by atoms with Crippen LogP contribution in [0.1, 0.15) is 69.6 Å². The third-order valence-corrected chi connectivity index (χ3v) is 14.0. The summed E-state index contributed by atoms with van der Waals surface area (Å²) in [7, 11) is -1.36. The Kier molecular flexibility index (Phi) is 13.1. The summed E-state index contributed by atoms with van der Waals surface area (Å²) in [5.41, 5.74) is 11.2. The summed E-state index contributed by atoms with van der Waals surface area (Å²) >= 11 is 1.84. The van der Waals surface area contributed by atoms with Gasteiger partial charge in [-0.25, -0.2) is 0 Å². The van der Waals surface area contributed by atoms with Crippen LogP contribution < -0.4 is 5.19 Å². The molecule has 1 radical (unpaired) electrons. The Hall–Kier alpha value is -3.73. The molecular formula is C50H54IrN2SSi-2. The Balaban J connectivity index is 0.000000192. The molecule has 4 aromatic carbocycles. The van der Waals surface area contributed by atoms with Crippen LogP contribution in [-0.4, -0.2) is 18.0 Å². The normalized spacial score (nSPS) is 13.7. The van der Waals surface area contributed by atoms with Crippen LogP contribution in [0.25, 0.3) is 53.8 Å². The van der Waals surface area contributed by atoms with Crippen molar-refractivity contribution >= 4 is 44.8 Å². The fraction of sp³-hybridized carbons (Fsp3) is 0.320. The fourth-order valence-electron chi connectivity index (χ4n) is 8.01. The Bertz CT molecular complexity index is 2350. The van der Waals surface area contributed by atoms with Crippen molar-refractivity contribution in [1.29, 1.82) is 0 Å². The molecule has 285 valence electrons. The third-order valence-electron chi connectivity index (χ3n) is 10.7. The quantitative estimate of drug-likeness (QED) is 0.118. The molecule has 2 nitrogen and oxygen atoms in total. The van der Waals surface area contributed by atoms with Gasteiger partial charge >= 0.3 is 0 Å². The molecule has 0 spiro atoms. The van der Waals surface area contributed by atoms with Gasteiger partial charge in [-0.1, -0.05) is 161 Å². The number of aryl methyl sites for hydroxylation is 1. The summed E-state index contributed by atoms with van der Waals surface area (Å²) in [6, 6.07) is 41.2. The van der Waals surface area contributed by atoms with Gasteiger partial charge in [0.15, 0.2) is 0 Å². The zero-order valence-electron chi connectivity index (χ0n) is 33.6. The van der Waals surface area contributed by atoms with Gasteiger partial charge in [0.2, 0.25) is 0 Å². The third kappa shape index (κ3) is 9.81. The first-order valence-electron chi connectivity index (χ1n) is 19.8. The molecule has 55 heavy (non-hydrogen) atoms. The van der Waals surface area contributed by atoms with Gasteiger partial charge in [0.05, 0.1) is 8.07 Å². The van der Waals surface area contributed by atoms with E-state index < -0.39 is 8.07 Å². The van der Waals surface area contributed by atoms with Crippen molar-refractivity contribution in [3.63, 3.8) is 0 Å². The summed E-state index contributed by atoms with van der Waals surface area (Å²) in [4.78, 5) is 9.61. The van der Waals surface area contributed by atoms with E-state index in [-0.39, 0.29) is 25.5 Å². The van der Waals surface area contributed by atoms with E-state index in [0.717, 1.165) is 34.9 Å². The van der Waals surface area contributed by atoms with Crippen LogP contribution in [0.5, 0.6) is 0 Å². The van der Waals surface area contributed by atoms with Crippen LogP contribution in [0.15, 0.2) is 109 Å². The van der Waals surface area contributed by atoms with Gasteiger partial charge in [-0.2, -0.15) is 11.3 Å². The molecular weight excluding hydrogens is 881 g/mol. The summed E-state index contributed by atoms with van der Waals surface area (Å²) in [6.45, 7) is 16.3. The number of fused-ring (bicyclic) bond motifs is 3. The molecule has 0 unspecified atom stereocenters. The van der Waals surface area contributed by atoms with Crippen LogP contribution in [0.4, 0.5) is 0 Å². The number of nitrogens with zero attached hydrogens (tertiary/aromatic N) is 2. The zero-order valence-corrected chi connectivity index (χ0v) is 37.8. The van der Waals surface area contributed by atoms with Crippen LogP contribution in [-0.2, 0) is 32.9 Å². The topological polar surface area (TPSA) is 25.8 Å². The second-order valence-corrected chi connectivity index (χ2v) is 23.5. The van der Waals surface area contributed by atoms with E-state index in [1.807, 2.05) is 29.7 Å². The minimum atomic E-state index is -1.36. The standard InChI is InChI=1S/C29H26NS.C21H28NSi.Ir/c1-19-18-30-25(16-21(19)17-29(2,3)4)23-15-14-22(20-10-6-5-7-11-20)27-24-12-8-9-13-26(24)31-28(23)27;1-23(2,3)21-16-22-20(18-12-8-5-9-13-18)15-19(21)14-17-10-6-4-7-11-17;/h5-14,16,18H,17H2,1-4H3;5,8-9,12,15-17H,4,6-7,10-11,14H2,1-3H3;/q2*-1;. The predicted molar refractivity (Wildman–Crippen MR) is 236 cm³/mol. The maximum atomic E-state index is 4.84. The molecule has 1 aliphatic carbocycles. The van der Waals surface area contributed by atoms with Gasteiger partial charge in [0, 0.05) is 37.2 Å². The first kappa shape index (κ1) is 40.9. The van der Waals surface area contributed by atoms with Crippen molar-refractivity contribution in [2.24, 2.45) is 11.3 Å². The average molecular weight is 935 g/mol. The van der Waals surface area contributed by atoms with Crippen molar-refractivity contribution in [3.05, 3.63) is 138 Å². The monoisotopic (exact) mass is 935 g/mol. The molecule has 3 aromatic heterocycles. The largest absolute Gasteiger partial charge is 0.305 e. The van der Waals surface area contributed by atoms with Crippen molar-refractivity contribution < 1.29 is 20.1 Å². The van der Waals surface area contributed by atoms with Crippen molar-refractivity contribution in [2.75, 3.05) is 0 Å². The Morgan fingerprint density at radius 2 is 1.47 bits per heavy atom. The van der Waals surface area contributed by atoms with E-state index in [1.54, 1.807) is 10.8 Å². The first-order chi connectivity index (χ1) is 25.9. The molecule has 0 atom stereocenters. The Morgan fingerprint density at radius 3 is 2.18 bits per heavy atom. The maximum Gasteiger partial charge on any atom is 0.0798 e. The van der Waals surface area contributed by atoms with E-state index in [0.29, 0.717) is 0 Å². The second kappa shape index (κ2) is 17.6. The summed E-state index contributed by atoms with van der Waals surface area (Å²) in [5.74, 6) is 0.869. The molecule has 3 heterocycles. The molecule has 0 saturated heterocycles. The van der Waals surface area contributed by atoms with Gasteiger partial charge < -0.3 is 9.97 Å². The Labute approximate surface area is 348 Å². The molecule has 0 amide bonds. The zero-order chi connectivity index (χ0) is 37.9. The number of aromatic nitrogens is 2. The summed E-state index contributed by atoms with van der Waals surface area (Å²) in [5, 5.41) is 4.15. The predicted octanol–water partition coefficient (Wildman–Crippen LogP) is 13.7. The molecule has 1 fully saturated rings. The number of hydrogen-bond acceptors (Lipinski definition) is 3. The van der Waals surface area contributed by atoms with Gasteiger partial charge in [-0.15, -0.1) is 53.6 Å². The smallest absolute Gasteiger partial charge is 0.0798 e. The van der Waals surface area contributed by atoms with E-state index in [1.165, 1.54) is 81.0 Å². The van der Waals surface area contributed by atoms with E-state index >= 15 is 0 Å². The van der Waals surface area contributed by atoms with Crippen LogP contribution in [0.2, 0.25) is 19.6 Å². The number of pyridine rings is 2. The fourth-order valence-corrected chi connectivity index (χ4v) is 10.8. The van der Waals surface area contributed by atoms with Crippen molar-refractivity contribution in [3.8, 4) is 33.6 Å². The van der Waals surface area contributed by atoms with Crippen LogP contribution >= 0.6 is 11.3 Å². The molecule has 0 aliphatic heterocycles. The van der Waals surface area contributed by atoms with Crippen LogP contribution in [0.3, 0.4) is 0 Å². The molecule has 1 aliphatic rings. The summed E-state index contributed by atoms with van der Waals surface area (Å²) in [6.07, 6.45) is 13.5. The van der Waals surface area contributed by atoms with Gasteiger partial charge in [-0.3, -0.25) is 0 Å². The molecule has 5 heteroatoms. The Morgan fingerprint density at radius 1 is 0.782 bits per heavy atom. The average Bonchev–Trinajstić information content (AvgIpc) is 3.56. The SMILES string of the molecule is C[Si](C)(C)c1cnc(-c2[c-]cccc2)cc1CC1CCCCC1.Cc1cnc(-c2[c-]cc(-c3ccccc3)c3c2sc2ccccc23)cc1CC(C)(C)C.[Ir]. The number of thiophene rings is 1. The van der Waals surface area contributed by atoms with E-state index in [4.69, 9.17) is 9.97 Å².